The highest BCUT2D eigenvalue weighted by Gasteiger charge is 2.02. The first kappa shape index (κ1) is 13.0. The fraction of sp³-hybridized carbons (Fsp3) is 0.615. The summed E-state index contributed by atoms with van der Waals surface area (Å²) in [5.41, 5.74) is 1.22. The van der Waals surface area contributed by atoms with Gasteiger partial charge in [0.05, 0.1) is 7.11 Å². The zero-order valence-electron chi connectivity index (χ0n) is 10.5. The van der Waals surface area contributed by atoms with Crippen LogP contribution in [0, 0.1) is 5.92 Å². The maximum atomic E-state index is 5.09. The molecule has 0 saturated heterocycles. The number of aromatic nitrogens is 1. The lowest BCUT2D eigenvalue weighted by molar-refractivity contribution is 0.396. The average molecular weight is 222 g/mol. The van der Waals surface area contributed by atoms with Gasteiger partial charge in [0.2, 0.25) is 5.88 Å². The van der Waals surface area contributed by atoms with E-state index in [9.17, 15) is 0 Å². The Hall–Kier alpha value is -1.09. The number of methoxy groups -OCH3 is 1. The van der Waals surface area contributed by atoms with Gasteiger partial charge in [-0.05, 0) is 24.1 Å². The molecule has 0 atom stereocenters. The van der Waals surface area contributed by atoms with Gasteiger partial charge in [-0.1, -0.05) is 26.7 Å². The molecular weight excluding hydrogens is 200 g/mol. The Morgan fingerprint density at radius 3 is 2.75 bits per heavy atom. The van der Waals surface area contributed by atoms with Gasteiger partial charge in [-0.15, -0.1) is 0 Å². The smallest absolute Gasteiger partial charge is 0.213 e. The molecule has 90 valence electrons. The van der Waals surface area contributed by atoms with Gasteiger partial charge < -0.3 is 10.1 Å². The number of pyridine rings is 1. The summed E-state index contributed by atoms with van der Waals surface area (Å²) < 4.78 is 5.09. The Kier molecular flexibility index (Phi) is 5.86. The summed E-state index contributed by atoms with van der Waals surface area (Å²) in [6.45, 7) is 6.45. The zero-order chi connectivity index (χ0) is 11.8. The first-order chi connectivity index (χ1) is 7.80. The van der Waals surface area contributed by atoms with Crippen molar-refractivity contribution in [3.63, 3.8) is 0 Å². The van der Waals surface area contributed by atoms with Gasteiger partial charge in [0.1, 0.15) is 0 Å². The Bertz CT molecular complexity index is 298. The number of nitrogens with one attached hydrogen (secondary N) is 1. The van der Waals surface area contributed by atoms with E-state index in [1.165, 1.54) is 18.4 Å². The van der Waals surface area contributed by atoms with Crippen molar-refractivity contribution in [2.45, 2.75) is 33.2 Å². The second kappa shape index (κ2) is 7.23. The normalized spacial score (nSPS) is 10.8. The number of rotatable bonds is 7. The minimum Gasteiger partial charge on any atom is -0.481 e. The quantitative estimate of drug-likeness (QED) is 0.770. The van der Waals surface area contributed by atoms with Gasteiger partial charge in [-0.2, -0.15) is 0 Å². The molecular formula is C13H22N2O. The van der Waals surface area contributed by atoms with Crippen molar-refractivity contribution >= 4 is 0 Å². The van der Waals surface area contributed by atoms with Crippen LogP contribution in [0.4, 0.5) is 0 Å². The molecule has 1 rings (SSSR count). The van der Waals surface area contributed by atoms with Crippen LogP contribution in [-0.4, -0.2) is 18.6 Å². The predicted octanol–water partition coefficient (Wildman–Crippen LogP) is 2.62. The molecule has 0 unspecified atom stereocenters. The molecule has 1 heterocycles. The zero-order valence-corrected chi connectivity index (χ0v) is 10.5. The Morgan fingerprint density at radius 2 is 2.12 bits per heavy atom. The monoisotopic (exact) mass is 222 g/mol. The van der Waals surface area contributed by atoms with Gasteiger partial charge in [-0.3, -0.25) is 0 Å². The highest BCUT2D eigenvalue weighted by molar-refractivity contribution is 5.20. The summed E-state index contributed by atoms with van der Waals surface area (Å²) in [6, 6.07) is 3.99. The predicted molar refractivity (Wildman–Crippen MR) is 66.6 cm³/mol. The van der Waals surface area contributed by atoms with E-state index in [4.69, 9.17) is 4.74 Å². The first-order valence-electron chi connectivity index (χ1n) is 5.99. The third kappa shape index (κ3) is 4.19. The highest BCUT2D eigenvalue weighted by atomic mass is 16.5. The molecule has 1 N–H and O–H groups in total. The molecule has 1 aromatic rings. The van der Waals surface area contributed by atoms with Crippen LogP contribution in [0.2, 0.25) is 0 Å². The summed E-state index contributed by atoms with van der Waals surface area (Å²) in [6.07, 6.45) is 4.26. The molecule has 0 fully saturated rings. The van der Waals surface area contributed by atoms with E-state index in [0.717, 1.165) is 19.0 Å². The lowest BCUT2D eigenvalue weighted by Gasteiger charge is -2.13. The second-order valence-electron chi connectivity index (χ2n) is 4.02. The van der Waals surface area contributed by atoms with Crippen molar-refractivity contribution in [2.75, 3.05) is 13.7 Å². The molecule has 1 aromatic heterocycles. The largest absolute Gasteiger partial charge is 0.481 e. The van der Waals surface area contributed by atoms with Crippen LogP contribution in [0.15, 0.2) is 18.3 Å². The first-order valence-corrected chi connectivity index (χ1v) is 5.99. The molecule has 3 heteroatoms. The van der Waals surface area contributed by atoms with Crippen LogP contribution in [0.25, 0.3) is 0 Å². The summed E-state index contributed by atoms with van der Waals surface area (Å²) in [5, 5.41) is 3.47. The summed E-state index contributed by atoms with van der Waals surface area (Å²) in [7, 11) is 1.64. The fourth-order valence-corrected chi connectivity index (χ4v) is 1.67. The molecule has 16 heavy (non-hydrogen) atoms. The van der Waals surface area contributed by atoms with Crippen LogP contribution in [0.3, 0.4) is 0 Å². The summed E-state index contributed by atoms with van der Waals surface area (Å²) in [4.78, 5) is 4.08. The molecule has 0 bridgehead atoms. The third-order valence-corrected chi connectivity index (χ3v) is 2.93. The fourth-order valence-electron chi connectivity index (χ4n) is 1.67. The summed E-state index contributed by atoms with van der Waals surface area (Å²) >= 11 is 0. The van der Waals surface area contributed by atoms with E-state index in [1.54, 1.807) is 13.3 Å². The molecule has 0 aliphatic heterocycles. The van der Waals surface area contributed by atoms with Crippen molar-refractivity contribution in [1.29, 1.82) is 0 Å². The van der Waals surface area contributed by atoms with Crippen molar-refractivity contribution in [3.05, 3.63) is 23.9 Å². The van der Waals surface area contributed by atoms with E-state index in [-0.39, 0.29) is 0 Å². The molecule has 0 aliphatic rings. The maximum absolute atomic E-state index is 5.09. The van der Waals surface area contributed by atoms with Crippen LogP contribution in [-0.2, 0) is 6.54 Å². The SMILES string of the molecule is CCC(CC)CNCc1ccnc(OC)c1. The number of hydrogen-bond acceptors (Lipinski definition) is 3. The highest BCUT2D eigenvalue weighted by Crippen LogP contribution is 2.09. The molecule has 0 amide bonds. The van der Waals surface area contributed by atoms with Crippen LogP contribution in [0.5, 0.6) is 5.88 Å². The molecule has 0 saturated carbocycles. The average Bonchev–Trinajstić information content (AvgIpc) is 2.35. The number of nitrogens with zero attached hydrogens (tertiary/aromatic N) is 1. The minimum atomic E-state index is 0.682. The Labute approximate surface area is 98.2 Å². The standard InChI is InChI=1S/C13H22N2O/c1-4-11(5-2)9-14-10-12-6-7-15-13(8-12)16-3/h6-8,11,14H,4-5,9-10H2,1-3H3. The number of ether oxygens (including phenoxy) is 1. The molecule has 3 nitrogen and oxygen atoms in total. The van der Waals surface area contributed by atoms with Crippen molar-refractivity contribution < 1.29 is 4.74 Å². The minimum absolute atomic E-state index is 0.682. The molecule has 0 radical (unpaired) electrons. The van der Waals surface area contributed by atoms with Gasteiger partial charge in [0, 0.05) is 18.8 Å². The Balaban J connectivity index is 2.36. The maximum Gasteiger partial charge on any atom is 0.213 e. The Morgan fingerprint density at radius 1 is 1.38 bits per heavy atom. The van der Waals surface area contributed by atoms with E-state index in [0.29, 0.717) is 5.88 Å². The van der Waals surface area contributed by atoms with Crippen molar-refractivity contribution in [3.8, 4) is 5.88 Å². The van der Waals surface area contributed by atoms with Crippen LogP contribution in [0.1, 0.15) is 32.3 Å². The van der Waals surface area contributed by atoms with Crippen molar-refractivity contribution in [2.24, 2.45) is 5.92 Å². The van der Waals surface area contributed by atoms with E-state index < -0.39 is 0 Å². The van der Waals surface area contributed by atoms with Gasteiger partial charge in [0.15, 0.2) is 0 Å². The van der Waals surface area contributed by atoms with Crippen molar-refractivity contribution in [1.82, 2.24) is 10.3 Å². The lowest BCUT2D eigenvalue weighted by atomic mass is 10.0. The van der Waals surface area contributed by atoms with Crippen LogP contribution >= 0.6 is 0 Å². The molecule has 0 aromatic carbocycles. The van der Waals surface area contributed by atoms with Gasteiger partial charge in [-0.25, -0.2) is 4.98 Å². The second-order valence-corrected chi connectivity index (χ2v) is 4.02. The lowest BCUT2D eigenvalue weighted by Crippen LogP contribution is -2.21. The van der Waals surface area contributed by atoms with E-state index in [2.05, 4.69) is 24.1 Å². The number of hydrogen-bond donors (Lipinski definition) is 1. The third-order valence-electron chi connectivity index (χ3n) is 2.93. The van der Waals surface area contributed by atoms with E-state index >= 15 is 0 Å². The topological polar surface area (TPSA) is 34.2 Å². The molecule has 0 aliphatic carbocycles. The van der Waals surface area contributed by atoms with E-state index in [1.807, 2.05) is 12.1 Å². The van der Waals surface area contributed by atoms with Gasteiger partial charge in [0.25, 0.3) is 0 Å². The molecule has 0 spiro atoms. The van der Waals surface area contributed by atoms with Gasteiger partial charge >= 0.3 is 0 Å². The summed E-state index contributed by atoms with van der Waals surface area (Å²) in [5.74, 6) is 1.46. The van der Waals surface area contributed by atoms with Crippen LogP contribution < -0.4 is 10.1 Å².